The molecular formula is C9H11BrCl3NO3. The van der Waals surface area contributed by atoms with E-state index in [9.17, 15) is 0 Å². The maximum Gasteiger partial charge on any atom is 0.266 e. The molecular weight excluding hydrogens is 356 g/mol. The predicted molar refractivity (Wildman–Crippen MR) is 70.4 cm³/mol. The quantitative estimate of drug-likeness (QED) is 0.669. The standard InChI is InChI=1S/C9H11BrCl3NO3/c1-3-6-5(4(10)7(15-2)16-3)14-8(17-6)9(11,12)13/h3-7H,1-2H3/t3-,4+,5+,6-,7+/m0/s1. The van der Waals surface area contributed by atoms with Crippen molar-refractivity contribution in [3.8, 4) is 0 Å². The lowest BCUT2D eigenvalue weighted by Gasteiger charge is -2.37. The molecule has 0 aromatic carbocycles. The fourth-order valence-electron chi connectivity index (χ4n) is 1.91. The monoisotopic (exact) mass is 365 g/mol. The van der Waals surface area contributed by atoms with E-state index >= 15 is 0 Å². The molecule has 0 aliphatic carbocycles. The van der Waals surface area contributed by atoms with E-state index in [-0.39, 0.29) is 29.0 Å². The smallest absolute Gasteiger partial charge is 0.266 e. The number of alkyl halides is 4. The number of rotatable bonds is 1. The Morgan fingerprint density at radius 1 is 1.41 bits per heavy atom. The van der Waals surface area contributed by atoms with E-state index in [0.717, 1.165) is 0 Å². The highest BCUT2D eigenvalue weighted by molar-refractivity contribution is 9.09. The molecule has 0 spiro atoms. The van der Waals surface area contributed by atoms with Gasteiger partial charge in [0.2, 0.25) is 5.90 Å². The third-order valence-corrected chi connectivity index (χ3v) is 4.18. The largest absolute Gasteiger partial charge is 0.469 e. The molecule has 1 fully saturated rings. The second-order valence-electron chi connectivity index (χ2n) is 3.89. The van der Waals surface area contributed by atoms with Crippen molar-refractivity contribution in [2.24, 2.45) is 4.99 Å². The average molecular weight is 367 g/mol. The Hall–Kier alpha value is 0.740. The summed E-state index contributed by atoms with van der Waals surface area (Å²) >= 11 is 20.8. The van der Waals surface area contributed by atoms with Crippen LogP contribution < -0.4 is 0 Å². The van der Waals surface area contributed by atoms with Crippen LogP contribution in [0.25, 0.3) is 0 Å². The molecule has 2 rings (SSSR count). The molecule has 5 atom stereocenters. The van der Waals surface area contributed by atoms with E-state index in [1.165, 1.54) is 0 Å². The van der Waals surface area contributed by atoms with Crippen LogP contribution in [0.1, 0.15) is 6.92 Å². The van der Waals surface area contributed by atoms with Crippen molar-refractivity contribution in [3.63, 3.8) is 0 Å². The molecule has 98 valence electrons. The Bertz CT molecular complexity index is 336. The van der Waals surface area contributed by atoms with Crippen LogP contribution in [0.5, 0.6) is 0 Å². The van der Waals surface area contributed by atoms with Gasteiger partial charge >= 0.3 is 0 Å². The fraction of sp³-hybridized carbons (Fsp3) is 0.889. The maximum absolute atomic E-state index is 5.76. The highest BCUT2D eigenvalue weighted by Crippen LogP contribution is 2.39. The topological polar surface area (TPSA) is 40.0 Å². The minimum Gasteiger partial charge on any atom is -0.469 e. The zero-order valence-electron chi connectivity index (χ0n) is 9.07. The SMILES string of the molecule is CO[C@@H]1O[C@@H](C)[C@@H]2OC(C(Cl)(Cl)Cl)=N[C@@H]2[C@H]1Br. The zero-order valence-corrected chi connectivity index (χ0v) is 12.9. The molecule has 0 saturated carbocycles. The predicted octanol–water partition coefficient (Wildman–Crippen LogP) is 2.68. The number of hydrogen-bond donors (Lipinski definition) is 0. The number of fused-ring (bicyclic) bond motifs is 1. The van der Waals surface area contributed by atoms with Gasteiger partial charge in [0.05, 0.1) is 10.9 Å². The molecule has 0 aromatic rings. The summed E-state index contributed by atoms with van der Waals surface area (Å²) in [5, 5.41) is 0. The first-order chi connectivity index (χ1) is 7.84. The van der Waals surface area contributed by atoms with Gasteiger partial charge < -0.3 is 14.2 Å². The van der Waals surface area contributed by atoms with Crippen molar-refractivity contribution in [1.29, 1.82) is 0 Å². The van der Waals surface area contributed by atoms with Crippen LogP contribution in [0.15, 0.2) is 4.99 Å². The molecule has 4 nitrogen and oxygen atoms in total. The van der Waals surface area contributed by atoms with Crippen LogP contribution in [0.2, 0.25) is 0 Å². The number of aliphatic imine (C=N–C) groups is 1. The van der Waals surface area contributed by atoms with Crippen molar-refractivity contribution in [3.05, 3.63) is 0 Å². The minimum atomic E-state index is -1.65. The summed E-state index contributed by atoms with van der Waals surface area (Å²) in [5.41, 5.74) is 0. The second kappa shape index (κ2) is 5.02. The highest BCUT2D eigenvalue weighted by Gasteiger charge is 2.51. The van der Waals surface area contributed by atoms with E-state index in [4.69, 9.17) is 49.0 Å². The van der Waals surface area contributed by atoms with Crippen molar-refractivity contribution in [2.75, 3.05) is 7.11 Å². The summed E-state index contributed by atoms with van der Waals surface area (Å²) in [7, 11) is 1.57. The third-order valence-electron chi connectivity index (χ3n) is 2.72. The van der Waals surface area contributed by atoms with Gasteiger partial charge in [-0.3, -0.25) is 0 Å². The number of nitrogens with zero attached hydrogens (tertiary/aromatic N) is 1. The first kappa shape index (κ1) is 14.2. The average Bonchev–Trinajstić information content (AvgIpc) is 2.68. The number of ether oxygens (including phenoxy) is 3. The molecule has 8 heteroatoms. The number of halogens is 4. The Morgan fingerprint density at radius 3 is 2.59 bits per heavy atom. The van der Waals surface area contributed by atoms with Gasteiger partial charge in [-0.2, -0.15) is 0 Å². The summed E-state index contributed by atoms with van der Waals surface area (Å²) in [6.45, 7) is 1.87. The van der Waals surface area contributed by atoms with Gasteiger partial charge in [0, 0.05) is 7.11 Å². The molecule has 0 N–H and O–H groups in total. The molecule has 0 radical (unpaired) electrons. The molecule has 2 aliphatic heterocycles. The molecule has 0 bridgehead atoms. The molecule has 0 amide bonds. The molecule has 0 unspecified atom stereocenters. The second-order valence-corrected chi connectivity index (χ2v) is 7.23. The maximum atomic E-state index is 5.76. The molecule has 2 aliphatic rings. The summed E-state index contributed by atoms with van der Waals surface area (Å²) in [4.78, 5) is 4.16. The van der Waals surface area contributed by atoms with Crippen LogP contribution in [-0.2, 0) is 14.2 Å². The Kier molecular flexibility index (Phi) is 4.18. The van der Waals surface area contributed by atoms with E-state index in [1.807, 2.05) is 6.92 Å². The van der Waals surface area contributed by atoms with Crippen LogP contribution in [0, 0.1) is 0 Å². The zero-order chi connectivity index (χ0) is 12.8. The minimum absolute atomic E-state index is 0.106. The third kappa shape index (κ3) is 2.69. The summed E-state index contributed by atoms with van der Waals surface area (Å²) in [6, 6.07) is -0.186. The Morgan fingerprint density at radius 2 is 2.06 bits per heavy atom. The van der Waals surface area contributed by atoms with Crippen molar-refractivity contribution < 1.29 is 14.2 Å². The lowest BCUT2D eigenvalue weighted by molar-refractivity contribution is -0.198. The van der Waals surface area contributed by atoms with Crippen LogP contribution in [0.3, 0.4) is 0 Å². The Balaban J connectivity index is 2.22. The van der Waals surface area contributed by atoms with Crippen molar-refractivity contribution >= 4 is 56.6 Å². The van der Waals surface area contributed by atoms with Gasteiger partial charge in [-0.05, 0) is 6.92 Å². The molecule has 17 heavy (non-hydrogen) atoms. The fourth-order valence-corrected chi connectivity index (χ4v) is 2.95. The molecule has 1 saturated heterocycles. The van der Waals surface area contributed by atoms with E-state index < -0.39 is 10.1 Å². The normalized spacial score (nSPS) is 41.8. The van der Waals surface area contributed by atoms with Crippen molar-refractivity contribution in [1.82, 2.24) is 0 Å². The van der Waals surface area contributed by atoms with Gasteiger partial charge in [-0.15, -0.1) is 0 Å². The van der Waals surface area contributed by atoms with E-state index in [0.29, 0.717) is 0 Å². The van der Waals surface area contributed by atoms with Gasteiger partial charge in [-0.1, -0.05) is 50.7 Å². The number of methoxy groups -OCH3 is 1. The first-order valence-corrected chi connectivity index (χ1v) is 7.03. The first-order valence-electron chi connectivity index (χ1n) is 4.98. The van der Waals surface area contributed by atoms with Gasteiger partial charge in [0.1, 0.15) is 12.1 Å². The highest BCUT2D eigenvalue weighted by atomic mass is 79.9. The van der Waals surface area contributed by atoms with Gasteiger partial charge in [-0.25, -0.2) is 4.99 Å². The lowest BCUT2D eigenvalue weighted by Crippen LogP contribution is -2.53. The molecule has 2 heterocycles. The van der Waals surface area contributed by atoms with Crippen LogP contribution in [0.4, 0.5) is 0 Å². The lowest BCUT2D eigenvalue weighted by atomic mass is 10.0. The molecule has 0 aromatic heterocycles. The Labute approximate surface area is 123 Å². The number of hydrogen-bond acceptors (Lipinski definition) is 4. The summed E-state index contributed by atoms with van der Waals surface area (Å²) < 4.78 is 14.7. The van der Waals surface area contributed by atoms with E-state index in [2.05, 4.69) is 20.9 Å². The van der Waals surface area contributed by atoms with Crippen molar-refractivity contribution in [2.45, 2.75) is 40.1 Å². The van der Waals surface area contributed by atoms with Crippen LogP contribution in [-0.4, -0.2) is 46.2 Å². The summed E-state index contributed by atoms with van der Waals surface area (Å²) in [6.07, 6.45) is -0.850. The van der Waals surface area contributed by atoms with Gasteiger partial charge in [0.15, 0.2) is 6.29 Å². The van der Waals surface area contributed by atoms with E-state index in [1.54, 1.807) is 7.11 Å². The van der Waals surface area contributed by atoms with Gasteiger partial charge in [0.25, 0.3) is 3.79 Å². The van der Waals surface area contributed by atoms with Crippen LogP contribution >= 0.6 is 50.7 Å². The summed E-state index contributed by atoms with van der Waals surface area (Å²) in [5.74, 6) is 0.106.